The summed E-state index contributed by atoms with van der Waals surface area (Å²) in [4.78, 5) is 40.7. The van der Waals surface area contributed by atoms with Crippen LogP contribution in [0.5, 0.6) is 11.5 Å². The Bertz CT molecular complexity index is 2450. The normalized spacial score (nSPS) is 17.2. The number of nitrogens with zero attached hydrogens (tertiary/aromatic N) is 4. The quantitative estimate of drug-likeness (QED) is 0.0788. The van der Waals surface area contributed by atoms with Crippen LogP contribution in [0.15, 0.2) is 146 Å². The molecule has 57 heavy (non-hydrogen) atoms. The Labute approximate surface area is 328 Å². The summed E-state index contributed by atoms with van der Waals surface area (Å²) in [6.07, 6.45) is -2.79. The van der Waals surface area contributed by atoms with E-state index in [2.05, 4.69) is 15.0 Å². The second kappa shape index (κ2) is 15.7. The topological polar surface area (TPSA) is 161 Å². The highest BCUT2D eigenvalue weighted by Gasteiger charge is 2.54. The Hall–Kier alpha value is -6.89. The molecule has 0 amide bonds. The number of hydrogen-bond acceptors (Lipinski definition) is 11. The van der Waals surface area contributed by atoms with Gasteiger partial charge in [-0.15, -0.1) is 0 Å². The summed E-state index contributed by atoms with van der Waals surface area (Å²) in [7, 11) is 3.18. The number of aliphatic hydroxyl groups is 1. The van der Waals surface area contributed by atoms with Crippen molar-refractivity contribution >= 4 is 28.7 Å². The van der Waals surface area contributed by atoms with Gasteiger partial charge in [0.15, 0.2) is 11.5 Å². The minimum atomic E-state index is -1.38. The van der Waals surface area contributed by atoms with E-state index in [0.717, 1.165) is 16.7 Å². The summed E-state index contributed by atoms with van der Waals surface area (Å²) < 4.78 is 25.8. The van der Waals surface area contributed by atoms with Crippen molar-refractivity contribution in [2.45, 2.75) is 36.4 Å². The second-order valence-corrected chi connectivity index (χ2v) is 13.6. The number of hydrogen-bond donors (Lipinski definition) is 2. The number of carbonyl (C=O) groups is 2. The first-order valence-electron chi connectivity index (χ1n) is 18.4. The molecule has 7 aromatic rings. The fourth-order valence-electron chi connectivity index (χ4n) is 7.65. The molecule has 0 radical (unpaired) electrons. The van der Waals surface area contributed by atoms with Crippen LogP contribution in [-0.2, 0) is 14.9 Å². The van der Waals surface area contributed by atoms with Crippen LogP contribution in [0, 0.1) is 0 Å². The highest BCUT2D eigenvalue weighted by atomic mass is 16.6. The van der Waals surface area contributed by atoms with Gasteiger partial charge in [0.05, 0.1) is 31.5 Å². The Morgan fingerprint density at radius 3 is 1.84 bits per heavy atom. The average molecular weight is 762 g/mol. The van der Waals surface area contributed by atoms with Gasteiger partial charge in [-0.2, -0.15) is 0 Å². The standard InChI is InChI=1S/C45H39N5O7/c1-54-33-22-18-31(19-23-33)45(30-16-10-5-11-17-30,32-20-24-34(55-2)25-21-32)40(52)39-35(56-44(53)29-14-8-4-9-15-29)26-36(57-39)50-27-47-37-41(46)48-42(49-43(37)50)38(51)28-12-6-3-7-13-28/h3-25,27,35-36,39-40,52H,26H2,1-2H3,(H2,46,48,49)/t35-,36+,39+,40?/m1/s1. The summed E-state index contributed by atoms with van der Waals surface area (Å²) in [5.74, 6) is 0.168. The number of rotatable bonds is 12. The predicted molar refractivity (Wildman–Crippen MR) is 212 cm³/mol. The maximum absolute atomic E-state index is 13.8. The van der Waals surface area contributed by atoms with E-state index in [4.69, 9.17) is 24.7 Å². The molecule has 5 aromatic carbocycles. The third-order valence-electron chi connectivity index (χ3n) is 10.5. The van der Waals surface area contributed by atoms with Crippen molar-refractivity contribution in [3.8, 4) is 11.5 Å². The zero-order valence-corrected chi connectivity index (χ0v) is 31.1. The number of nitrogens with two attached hydrogens (primary N) is 1. The lowest BCUT2D eigenvalue weighted by Gasteiger charge is -2.43. The molecule has 1 aliphatic heterocycles. The predicted octanol–water partition coefficient (Wildman–Crippen LogP) is 6.57. The van der Waals surface area contributed by atoms with E-state index in [1.807, 2.05) is 91.0 Å². The van der Waals surface area contributed by atoms with Crippen LogP contribution in [0.25, 0.3) is 11.2 Å². The maximum atomic E-state index is 13.8. The van der Waals surface area contributed by atoms with E-state index in [-0.39, 0.29) is 29.2 Å². The van der Waals surface area contributed by atoms with Gasteiger partial charge in [-0.1, -0.05) is 103 Å². The van der Waals surface area contributed by atoms with Crippen LogP contribution in [0.4, 0.5) is 5.82 Å². The molecule has 12 nitrogen and oxygen atoms in total. The van der Waals surface area contributed by atoms with E-state index >= 15 is 0 Å². The minimum Gasteiger partial charge on any atom is -0.497 e. The molecular weight excluding hydrogens is 723 g/mol. The van der Waals surface area contributed by atoms with E-state index in [1.165, 1.54) is 6.33 Å². The smallest absolute Gasteiger partial charge is 0.338 e. The zero-order valence-electron chi connectivity index (χ0n) is 31.1. The number of aliphatic hydroxyl groups excluding tert-OH is 1. The molecule has 8 rings (SSSR count). The van der Waals surface area contributed by atoms with Crippen molar-refractivity contribution in [1.29, 1.82) is 0 Å². The Balaban J connectivity index is 1.27. The molecule has 12 heteroatoms. The number of ether oxygens (including phenoxy) is 4. The largest absolute Gasteiger partial charge is 0.497 e. The van der Waals surface area contributed by atoms with Crippen LogP contribution in [0.3, 0.4) is 0 Å². The molecule has 2 aromatic heterocycles. The van der Waals surface area contributed by atoms with Crippen LogP contribution in [0.2, 0.25) is 0 Å². The average Bonchev–Trinajstić information content (AvgIpc) is 3.89. The van der Waals surface area contributed by atoms with Crippen LogP contribution >= 0.6 is 0 Å². The van der Waals surface area contributed by atoms with Gasteiger partial charge in [0, 0.05) is 12.0 Å². The molecule has 1 saturated heterocycles. The van der Waals surface area contributed by atoms with Gasteiger partial charge in [0.1, 0.15) is 41.6 Å². The lowest BCUT2D eigenvalue weighted by molar-refractivity contribution is -0.0989. The number of nitrogen functional groups attached to an aromatic ring is 1. The maximum Gasteiger partial charge on any atom is 0.338 e. The van der Waals surface area contributed by atoms with E-state index in [9.17, 15) is 14.7 Å². The van der Waals surface area contributed by atoms with Gasteiger partial charge in [0.2, 0.25) is 11.6 Å². The van der Waals surface area contributed by atoms with Gasteiger partial charge in [0.25, 0.3) is 0 Å². The molecule has 286 valence electrons. The number of benzene rings is 5. The number of methoxy groups -OCH3 is 2. The summed E-state index contributed by atoms with van der Waals surface area (Å²) in [6.45, 7) is 0. The molecule has 4 atom stereocenters. The van der Waals surface area contributed by atoms with Crippen molar-refractivity contribution in [3.63, 3.8) is 0 Å². The highest BCUT2D eigenvalue weighted by molar-refractivity contribution is 6.07. The van der Waals surface area contributed by atoms with E-state index < -0.39 is 41.7 Å². The number of ketones is 1. The molecule has 1 aliphatic rings. The summed E-state index contributed by atoms with van der Waals surface area (Å²) >= 11 is 0. The Kier molecular flexibility index (Phi) is 10.2. The van der Waals surface area contributed by atoms with Gasteiger partial charge < -0.3 is 29.8 Å². The first kappa shape index (κ1) is 37.1. The summed E-state index contributed by atoms with van der Waals surface area (Å²) in [6, 6.07) is 41.9. The van der Waals surface area contributed by atoms with Crippen molar-refractivity contribution in [3.05, 3.63) is 179 Å². The number of anilines is 1. The third-order valence-corrected chi connectivity index (χ3v) is 10.5. The van der Waals surface area contributed by atoms with E-state index in [0.29, 0.717) is 22.6 Å². The van der Waals surface area contributed by atoms with Crippen LogP contribution in [0.1, 0.15) is 55.9 Å². The van der Waals surface area contributed by atoms with Crippen LogP contribution < -0.4 is 15.2 Å². The van der Waals surface area contributed by atoms with Crippen LogP contribution in [-0.4, -0.2) is 68.9 Å². The first-order valence-corrected chi connectivity index (χ1v) is 18.4. The molecule has 0 bridgehead atoms. The van der Waals surface area contributed by atoms with Gasteiger partial charge in [-0.3, -0.25) is 9.36 Å². The second-order valence-electron chi connectivity index (χ2n) is 13.6. The van der Waals surface area contributed by atoms with Crippen molar-refractivity contribution in [1.82, 2.24) is 19.5 Å². The SMILES string of the molecule is COc1ccc(C(c2ccccc2)(c2ccc(OC)cc2)C(O)[C@H]2O[C@H](n3cnc4c(N)nc(C(=O)c5ccccc5)nc43)C[C@H]2OC(=O)c2ccccc2)cc1. The highest BCUT2D eigenvalue weighted by Crippen LogP contribution is 2.48. The fraction of sp³-hybridized carbons (Fsp3) is 0.178. The van der Waals surface area contributed by atoms with Gasteiger partial charge in [-0.05, 0) is 53.1 Å². The van der Waals surface area contributed by atoms with Crippen molar-refractivity contribution in [2.75, 3.05) is 20.0 Å². The monoisotopic (exact) mass is 761 g/mol. The first-order chi connectivity index (χ1) is 27.8. The Morgan fingerprint density at radius 1 is 0.754 bits per heavy atom. The number of carbonyl (C=O) groups excluding carboxylic acids is 2. The molecule has 3 N–H and O–H groups in total. The molecular formula is C45H39N5O7. The molecule has 1 unspecified atom stereocenters. The molecule has 0 aliphatic carbocycles. The van der Waals surface area contributed by atoms with Gasteiger partial charge in [-0.25, -0.2) is 19.7 Å². The lowest BCUT2D eigenvalue weighted by atomic mass is 9.64. The number of imidazole rings is 1. The van der Waals surface area contributed by atoms with Crippen molar-refractivity contribution in [2.24, 2.45) is 0 Å². The number of esters is 1. The van der Waals surface area contributed by atoms with E-state index in [1.54, 1.807) is 67.3 Å². The molecule has 3 heterocycles. The van der Waals surface area contributed by atoms with Gasteiger partial charge >= 0.3 is 5.97 Å². The van der Waals surface area contributed by atoms with Crippen molar-refractivity contribution < 1.29 is 33.6 Å². The lowest BCUT2D eigenvalue weighted by Crippen LogP contribution is -2.52. The zero-order chi connectivity index (χ0) is 39.5. The third kappa shape index (κ3) is 6.85. The number of fused-ring (bicyclic) bond motifs is 1. The minimum absolute atomic E-state index is 0.0155. The summed E-state index contributed by atoms with van der Waals surface area (Å²) in [5, 5.41) is 13.2. The molecule has 0 spiro atoms. The Morgan fingerprint density at radius 2 is 1.28 bits per heavy atom. The molecule has 1 fully saturated rings. The summed E-state index contributed by atoms with van der Waals surface area (Å²) in [5.41, 5.74) is 8.52. The fourth-order valence-corrected chi connectivity index (χ4v) is 7.65. The number of aromatic nitrogens is 4. The molecule has 0 saturated carbocycles.